The van der Waals surface area contributed by atoms with E-state index in [1.54, 1.807) is 0 Å². The number of primary amides is 1. The molecule has 0 saturated carbocycles. The van der Waals surface area contributed by atoms with Crippen LogP contribution in [0.1, 0.15) is 40.5 Å². The molecule has 34 heavy (non-hydrogen) atoms. The average molecular weight is 503 g/mol. The molecule has 0 rings (SSSR count). The van der Waals surface area contributed by atoms with Crippen LogP contribution < -0.4 is 34.4 Å². The second-order valence-electron chi connectivity index (χ2n) is 6.46. The monoisotopic (exact) mass is 502 g/mol. The first-order valence-corrected chi connectivity index (χ1v) is 9.31. The van der Waals surface area contributed by atoms with Gasteiger partial charge in [0.1, 0.15) is 30.2 Å². The quantitative estimate of drug-likeness (QED) is 0.152. The van der Waals surface area contributed by atoms with Crippen LogP contribution in [0.3, 0.4) is 0 Å². The van der Waals surface area contributed by atoms with Gasteiger partial charge in [0.05, 0.1) is 0 Å². The number of carboxylic acids is 5. The van der Waals surface area contributed by atoms with Gasteiger partial charge < -0.3 is 59.9 Å². The van der Waals surface area contributed by atoms with Crippen molar-refractivity contribution in [2.45, 2.75) is 70.7 Å². The van der Waals surface area contributed by atoms with E-state index in [9.17, 15) is 28.8 Å². The second kappa shape index (κ2) is 24.3. The number of carbonyl (C=O) groups excluding carboxylic acids is 1. The lowest BCUT2D eigenvalue weighted by Crippen LogP contribution is -2.31. The number of nitrogens with two attached hydrogens (primary N) is 6. The minimum Gasteiger partial charge on any atom is -0.480 e. The molecular formula is C17H38N6O11. The molecule has 0 bridgehead atoms. The molecule has 0 unspecified atom stereocenters. The standard InChI is InChI=1S/C5H10N2O3.4C3H7NO2/c6-3(5(9)10)1-2-4(7)8;4*1-2(4)3(5)6/h3H,1-2,6H2,(H2,7,8)(H,9,10);4*2H,4H2,1H3,(H,5,6)/t3-;4*2-/m00000/s1. The van der Waals surface area contributed by atoms with Crippen molar-refractivity contribution in [1.29, 1.82) is 0 Å². The van der Waals surface area contributed by atoms with Crippen molar-refractivity contribution in [2.75, 3.05) is 0 Å². The molecule has 5 atom stereocenters. The Balaban J connectivity index is -0.000000105. The van der Waals surface area contributed by atoms with Gasteiger partial charge in [-0.05, 0) is 34.1 Å². The normalized spacial score (nSPS) is 13.3. The highest BCUT2D eigenvalue weighted by molar-refractivity contribution is 5.77. The molecule has 202 valence electrons. The van der Waals surface area contributed by atoms with Crippen LogP contribution in [0.5, 0.6) is 0 Å². The van der Waals surface area contributed by atoms with Gasteiger partial charge in [-0.25, -0.2) is 0 Å². The van der Waals surface area contributed by atoms with Crippen molar-refractivity contribution < 1.29 is 54.3 Å². The van der Waals surface area contributed by atoms with E-state index in [0.29, 0.717) is 0 Å². The Morgan fingerprint density at radius 3 is 0.794 bits per heavy atom. The maximum Gasteiger partial charge on any atom is 0.320 e. The van der Waals surface area contributed by atoms with Gasteiger partial charge in [0.25, 0.3) is 0 Å². The summed E-state index contributed by atoms with van der Waals surface area (Å²) in [5, 5.41) is 39.7. The molecule has 0 aliphatic carbocycles. The average Bonchev–Trinajstić information content (AvgIpc) is 2.67. The Kier molecular flexibility index (Phi) is 29.2. The molecule has 0 fully saturated rings. The maximum absolute atomic E-state index is 10.1. The van der Waals surface area contributed by atoms with Crippen molar-refractivity contribution in [3.8, 4) is 0 Å². The number of rotatable bonds is 8. The number of carboxylic acid groups (broad SMARTS) is 5. The zero-order valence-corrected chi connectivity index (χ0v) is 19.5. The Bertz CT molecular complexity index is 553. The Morgan fingerprint density at radius 2 is 0.706 bits per heavy atom. The zero-order chi connectivity index (χ0) is 28.8. The summed E-state index contributed by atoms with van der Waals surface area (Å²) in [5.41, 5.74) is 29.2. The van der Waals surface area contributed by atoms with Crippen molar-refractivity contribution >= 4 is 35.8 Å². The van der Waals surface area contributed by atoms with Gasteiger partial charge in [-0.3, -0.25) is 28.8 Å². The predicted molar refractivity (Wildman–Crippen MR) is 119 cm³/mol. The molecule has 0 heterocycles. The van der Waals surface area contributed by atoms with Gasteiger partial charge in [0.2, 0.25) is 5.91 Å². The summed E-state index contributed by atoms with van der Waals surface area (Å²) < 4.78 is 0. The van der Waals surface area contributed by atoms with Gasteiger partial charge in [-0.1, -0.05) is 0 Å². The highest BCUT2D eigenvalue weighted by Crippen LogP contribution is 1.92. The van der Waals surface area contributed by atoms with Crippen LogP contribution >= 0.6 is 0 Å². The molecule has 17 nitrogen and oxygen atoms in total. The second-order valence-corrected chi connectivity index (χ2v) is 6.46. The minimum absolute atomic E-state index is 0.0213. The summed E-state index contributed by atoms with van der Waals surface area (Å²) in [6, 6.07) is -3.91. The van der Waals surface area contributed by atoms with E-state index >= 15 is 0 Å². The molecule has 0 spiro atoms. The first-order valence-electron chi connectivity index (χ1n) is 9.31. The fourth-order valence-electron chi connectivity index (χ4n) is 0.421. The Hall–Kier alpha value is -3.38. The maximum atomic E-state index is 10.1. The van der Waals surface area contributed by atoms with Crippen molar-refractivity contribution in [2.24, 2.45) is 34.4 Å². The molecule has 0 aliphatic rings. The molecule has 1 amide bonds. The molecule has 0 radical (unpaired) electrons. The third-order valence-electron chi connectivity index (χ3n) is 2.58. The minimum atomic E-state index is -1.11. The van der Waals surface area contributed by atoms with Crippen LogP contribution in [0, 0.1) is 0 Å². The van der Waals surface area contributed by atoms with Crippen LogP contribution in [0.2, 0.25) is 0 Å². The summed E-state index contributed by atoms with van der Waals surface area (Å²) in [6.07, 6.45) is 0.123. The molecule has 0 aliphatic heterocycles. The van der Waals surface area contributed by atoms with E-state index in [4.69, 9.17) is 59.9 Å². The third kappa shape index (κ3) is 46.7. The largest absolute Gasteiger partial charge is 0.480 e. The lowest BCUT2D eigenvalue weighted by atomic mass is 10.2. The van der Waals surface area contributed by atoms with Crippen LogP contribution in [0.15, 0.2) is 0 Å². The SMILES string of the molecule is C[C@H](N)C(=O)O.C[C@H](N)C(=O)O.C[C@H](N)C(=O)O.C[C@H](N)C(=O)O.NC(=O)CC[C@H](N)C(=O)O. The number of hydrogen-bond acceptors (Lipinski definition) is 11. The van der Waals surface area contributed by atoms with E-state index < -0.39 is 66.0 Å². The number of carbonyl (C=O) groups is 6. The third-order valence-corrected chi connectivity index (χ3v) is 2.58. The van der Waals surface area contributed by atoms with E-state index in [0.717, 1.165) is 0 Å². The first kappa shape index (κ1) is 40.9. The summed E-state index contributed by atoms with van der Waals surface area (Å²) in [6.45, 7) is 5.68. The molecular weight excluding hydrogens is 464 g/mol. The number of aliphatic carboxylic acids is 5. The van der Waals surface area contributed by atoms with E-state index in [2.05, 4.69) is 0 Å². The lowest BCUT2D eigenvalue weighted by Gasteiger charge is -2.01. The number of amides is 1. The summed E-state index contributed by atoms with van der Waals surface area (Å²) >= 11 is 0. The van der Waals surface area contributed by atoms with Gasteiger partial charge in [0, 0.05) is 6.42 Å². The van der Waals surface area contributed by atoms with Gasteiger partial charge in [0.15, 0.2) is 0 Å². The molecule has 0 aromatic carbocycles. The molecule has 17 N–H and O–H groups in total. The first-order chi connectivity index (χ1) is 15.1. The highest BCUT2D eigenvalue weighted by atomic mass is 16.4. The highest BCUT2D eigenvalue weighted by Gasteiger charge is 2.11. The predicted octanol–water partition coefficient (Wildman–Crippen LogP) is -3.66. The smallest absolute Gasteiger partial charge is 0.320 e. The topological polar surface area (TPSA) is 360 Å². The van der Waals surface area contributed by atoms with Crippen LogP contribution in [0.4, 0.5) is 0 Å². The lowest BCUT2D eigenvalue weighted by molar-refractivity contribution is -0.139. The van der Waals surface area contributed by atoms with E-state index in [-0.39, 0.29) is 12.8 Å². The molecule has 0 aromatic rings. The van der Waals surface area contributed by atoms with Crippen molar-refractivity contribution in [3.05, 3.63) is 0 Å². The van der Waals surface area contributed by atoms with Crippen LogP contribution in [-0.2, 0) is 28.8 Å². The Labute approximate surface area is 196 Å². The van der Waals surface area contributed by atoms with Gasteiger partial charge >= 0.3 is 29.8 Å². The van der Waals surface area contributed by atoms with E-state index in [1.807, 2.05) is 0 Å². The fraction of sp³-hybridized carbons (Fsp3) is 0.647. The Morgan fingerprint density at radius 1 is 0.529 bits per heavy atom. The van der Waals surface area contributed by atoms with Crippen LogP contribution in [0.25, 0.3) is 0 Å². The van der Waals surface area contributed by atoms with Crippen LogP contribution in [-0.4, -0.2) is 91.5 Å². The zero-order valence-electron chi connectivity index (χ0n) is 19.5. The summed E-state index contributed by atoms with van der Waals surface area (Å²) in [5.74, 6) is -5.49. The van der Waals surface area contributed by atoms with Gasteiger partial charge in [-0.2, -0.15) is 0 Å². The van der Waals surface area contributed by atoms with Crippen molar-refractivity contribution in [3.63, 3.8) is 0 Å². The molecule has 0 saturated heterocycles. The van der Waals surface area contributed by atoms with Gasteiger partial charge in [-0.15, -0.1) is 0 Å². The fourth-order valence-corrected chi connectivity index (χ4v) is 0.421. The van der Waals surface area contributed by atoms with E-state index in [1.165, 1.54) is 27.7 Å². The molecule has 0 aromatic heterocycles. The summed E-state index contributed by atoms with van der Waals surface area (Å²) in [7, 11) is 0. The van der Waals surface area contributed by atoms with Crippen molar-refractivity contribution in [1.82, 2.24) is 0 Å². The summed E-state index contributed by atoms with van der Waals surface area (Å²) in [4.78, 5) is 58.4. The number of hydrogen-bond donors (Lipinski definition) is 11. The molecule has 17 heteroatoms.